The van der Waals surface area contributed by atoms with Crippen LogP contribution in [0.4, 0.5) is 0 Å². The van der Waals surface area contributed by atoms with E-state index in [0.717, 1.165) is 37.4 Å². The first kappa shape index (κ1) is 16.2. The molecule has 0 bridgehead atoms. The summed E-state index contributed by atoms with van der Waals surface area (Å²) < 4.78 is 5.45. The van der Waals surface area contributed by atoms with Gasteiger partial charge in [0, 0.05) is 56.4 Å². The van der Waals surface area contributed by atoms with Crippen LogP contribution >= 0.6 is 0 Å². The fourth-order valence-corrected chi connectivity index (χ4v) is 3.52. The van der Waals surface area contributed by atoms with Crippen molar-refractivity contribution in [2.45, 2.75) is 12.0 Å². The molecule has 1 amide bonds. The van der Waals surface area contributed by atoms with Crippen LogP contribution in [0, 0.1) is 0 Å². The second kappa shape index (κ2) is 7.29. The van der Waals surface area contributed by atoms with Gasteiger partial charge in [0.05, 0.1) is 13.2 Å². The smallest absolute Gasteiger partial charge is 0.244 e. The van der Waals surface area contributed by atoms with Gasteiger partial charge in [-0.2, -0.15) is 0 Å². The zero-order chi connectivity index (χ0) is 17.1. The highest BCUT2D eigenvalue weighted by Crippen LogP contribution is 2.31. The number of aromatic nitrogens is 2. The van der Waals surface area contributed by atoms with Crippen LogP contribution in [-0.4, -0.2) is 65.1 Å². The predicted molar refractivity (Wildman–Crippen MR) is 92.9 cm³/mol. The first-order chi connectivity index (χ1) is 12.3. The van der Waals surface area contributed by atoms with Gasteiger partial charge in [0.2, 0.25) is 5.91 Å². The van der Waals surface area contributed by atoms with Gasteiger partial charge in [-0.05, 0) is 23.8 Å². The molecule has 1 atom stereocenters. The lowest BCUT2D eigenvalue weighted by Crippen LogP contribution is -2.54. The highest BCUT2D eigenvalue weighted by Gasteiger charge is 2.39. The Kier molecular flexibility index (Phi) is 4.72. The lowest BCUT2D eigenvalue weighted by molar-refractivity contribution is -0.143. The Hall–Kier alpha value is -2.31. The summed E-state index contributed by atoms with van der Waals surface area (Å²) in [6, 6.07) is 9.56. The third-order valence-electron chi connectivity index (χ3n) is 4.94. The lowest BCUT2D eigenvalue weighted by atomic mass is 9.93. The highest BCUT2D eigenvalue weighted by molar-refractivity contribution is 5.84. The topological polar surface area (TPSA) is 58.6 Å². The van der Waals surface area contributed by atoms with Crippen LogP contribution < -0.4 is 0 Å². The summed E-state index contributed by atoms with van der Waals surface area (Å²) in [4.78, 5) is 26.0. The van der Waals surface area contributed by atoms with Crippen molar-refractivity contribution in [2.24, 2.45) is 0 Å². The van der Waals surface area contributed by atoms with Crippen molar-refractivity contribution in [3.8, 4) is 0 Å². The first-order valence-electron chi connectivity index (χ1n) is 8.74. The van der Waals surface area contributed by atoms with Gasteiger partial charge in [0.1, 0.15) is 6.04 Å². The Morgan fingerprint density at radius 2 is 1.96 bits per heavy atom. The summed E-state index contributed by atoms with van der Waals surface area (Å²) in [5.74, 6) is 0.492. The van der Waals surface area contributed by atoms with Gasteiger partial charge in [-0.1, -0.05) is 12.1 Å². The molecule has 6 nitrogen and oxygen atoms in total. The largest absolute Gasteiger partial charge is 0.379 e. The molecule has 0 unspecified atom stereocenters. The second-order valence-electron chi connectivity index (χ2n) is 6.53. The lowest BCUT2D eigenvalue weighted by Gasteiger charge is -2.43. The average molecular weight is 338 g/mol. The number of amides is 1. The third-order valence-corrected chi connectivity index (χ3v) is 4.94. The molecular weight excluding hydrogens is 316 g/mol. The van der Waals surface area contributed by atoms with Gasteiger partial charge in [-0.15, -0.1) is 0 Å². The van der Waals surface area contributed by atoms with Gasteiger partial charge >= 0.3 is 0 Å². The quantitative estimate of drug-likeness (QED) is 0.845. The van der Waals surface area contributed by atoms with E-state index in [1.165, 1.54) is 0 Å². The van der Waals surface area contributed by atoms with Crippen molar-refractivity contribution in [3.05, 3.63) is 60.2 Å². The van der Waals surface area contributed by atoms with Crippen LogP contribution in [0.25, 0.3) is 0 Å². The monoisotopic (exact) mass is 338 g/mol. The van der Waals surface area contributed by atoms with Crippen LogP contribution in [0.2, 0.25) is 0 Å². The minimum Gasteiger partial charge on any atom is -0.379 e. The highest BCUT2D eigenvalue weighted by atomic mass is 16.5. The Morgan fingerprint density at radius 1 is 1.12 bits per heavy atom. The number of hydrogen-bond acceptors (Lipinski definition) is 5. The molecule has 0 saturated carbocycles. The van der Waals surface area contributed by atoms with Gasteiger partial charge in [-0.3, -0.25) is 19.7 Å². The molecule has 4 heterocycles. The fourth-order valence-electron chi connectivity index (χ4n) is 3.52. The SMILES string of the molecule is O=C([C@@H](c1cccnc1)N1CCOCC1)N1CC(c2ccccn2)C1. The molecule has 2 aliphatic heterocycles. The summed E-state index contributed by atoms with van der Waals surface area (Å²) in [6.07, 6.45) is 5.35. The second-order valence-corrected chi connectivity index (χ2v) is 6.53. The molecule has 0 aromatic carbocycles. The van der Waals surface area contributed by atoms with Crippen molar-refractivity contribution in [1.29, 1.82) is 0 Å². The molecule has 2 saturated heterocycles. The molecule has 0 spiro atoms. The predicted octanol–water partition coefficient (Wildman–Crippen LogP) is 1.48. The zero-order valence-corrected chi connectivity index (χ0v) is 14.1. The van der Waals surface area contributed by atoms with Crippen molar-refractivity contribution in [1.82, 2.24) is 19.8 Å². The number of hydrogen-bond donors (Lipinski definition) is 0. The minimum atomic E-state index is -0.276. The van der Waals surface area contributed by atoms with Crippen LogP contribution in [0.1, 0.15) is 23.2 Å². The van der Waals surface area contributed by atoms with Crippen LogP contribution in [0.5, 0.6) is 0 Å². The number of nitrogens with zero attached hydrogens (tertiary/aromatic N) is 4. The van der Waals surface area contributed by atoms with Gasteiger partial charge in [-0.25, -0.2) is 0 Å². The Balaban J connectivity index is 1.49. The molecule has 2 aromatic rings. The van der Waals surface area contributed by atoms with Crippen LogP contribution in [0.15, 0.2) is 48.9 Å². The molecule has 0 N–H and O–H groups in total. The number of carbonyl (C=O) groups is 1. The van der Waals surface area contributed by atoms with E-state index in [0.29, 0.717) is 19.1 Å². The molecule has 25 heavy (non-hydrogen) atoms. The summed E-state index contributed by atoms with van der Waals surface area (Å²) in [5.41, 5.74) is 2.02. The Morgan fingerprint density at radius 3 is 2.64 bits per heavy atom. The standard InChI is InChI=1S/C19H22N4O2/c24-19(23-13-16(14-23)17-5-1-2-7-21-17)18(15-4-3-6-20-12-15)22-8-10-25-11-9-22/h1-7,12,16,18H,8-11,13-14H2/t18-/m1/s1. The van der Waals surface area contributed by atoms with Crippen molar-refractivity contribution in [3.63, 3.8) is 0 Å². The summed E-state index contributed by atoms with van der Waals surface area (Å²) in [7, 11) is 0. The maximum Gasteiger partial charge on any atom is 0.244 e. The molecule has 4 rings (SSSR count). The van der Waals surface area contributed by atoms with E-state index in [2.05, 4.69) is 14.9 Å². The number of morpholine rings is 1. The molecule has 2 aromatic heterocycles. The molecule has 0 radical (unpaired) electrons. The van der Waals surface area contributed by atoms with Gasteiger partial charge in [0.25, 0.3) is 0 Å². The van der Waals surface area contributed by atoms with E-state index >= 15 is 0 Å². The van der Waals surface area contributed by atoms with Crippen LogP contribution in [0.3, 0.4) is 0 Å². The number of pyridine rings is 2. The van der Waals surface area contributed by atoms with Crippen molar-refractivity contribution < 1.29 is 9.53 Å². The first-order valence-corrected chi connectivity index (χ1v) is 8.74. The zero-order valence-electron chi connectivity index (χ0n) is 14.1. The number of ether oxygens (including phenoxy) is 1. The number of likely N-dealkylation sites (tertiary alicyclic amines) is 1. The Labute approximate surface area is 147 Å². The molecule has 2 fully saturated rings. The van der Waals surface area contributed by atoms with Gasteiger partial charge in [0.15, 0.2) is 0 Å². The molecule has 6 heteroatoms. The Bertz CT molecular complexity index is 698. The van der Waals surface area contributed by atoms with E-state index in [1.807, 2.05) is 41.4 Å². The maximum absolute atomic E-state index is 13.2. The summed E-state index contributed by atoms with van der Waals surface area (Å²) in [5, 5.41) is 0. The summed E-state index contributed by atoms with van der Waals surface area (Å²) >= 11 is 0. The third kappa shape index (κ3) is 3.41. The van der Waals surface area contributed by atoms with Crippen LogP contribution in [-0.2, 0) is 9.53 Å². The average Bonchev–Trinajstić information content (AvgIpc) is 2.63. The summed E-state index contributed by atoms with van der Waals surface area (Å²) in [6.45, 7) is 4.33. The molecule has 130 valence electrons. The van der Waals surface area contributed by atoms with Crippen molar-refractivity contribution >= 4 is 5.91 Å². The van der Waals surface area contributed by atoms with Crippen molar-refractivity contribution in [2.75, 3.05) is 39.4 Å². The van der Waals surface area contributed by atoms with E-state index < -0.39 is 0 Å². The maximum atomic E-state index is 13.2. The molecule has 0 aliphatic carbocycles. The van der Waals surface area contributed by atoms with E-state index in [9.17, 15) is 4.79 Å². The number of rotatable bonds is 4. The fraction of sp³-hybridized carbons (Fsp3) is 0.421. The normalized spacial score (nSPS) is 20.1. The van der Waals surface area contributed by atoms with E-state index in [4.69, 9.17) is 4.74 Å². The number of carbonyl (C=O) groups excluding carboxylic acids is 1. The minimum absolute atomic E-state index is 0.155. The molecule has 2 aliphatic rings. The van der Waals surface area contributed by atoms with E-state index in [1.54, 1.807) is 12.4 Å². The van der Waals surface area contributed by atoms with E-state index in [-0.39, 0.29) is 11.9 Å². The van der Waals surface area contributed by atoms with Gasteiger partial charge < -0.3 is 9.64 Å². The molecular formula is C19H22N4O2.